The monoisotopic (exact) mass is 540 g/mol. The van der Waals surface area contributed by atoms with Gasteiger partial charge >= 0.3 is 0 Å². The standard InChI is InChI=1S/C40H26O/c1-4-15-27(16-5-1)30-25-14-26-35-38(39(41-40(30)35)29-19-8-3-9-20-29)37-33-23-12-10-21-31(33)36(28-17-6-2-7-18-28)32-22-11-13-24-34(32)37/h1-26H/i1D,2D,4D,5D,6D,7D,10D,11D,12D,13D,15D,16D,17D,18D,21D,22D,23D,24D. The van der Waals surface area contributed by atoms with Crippen molar-refractivity contribution in [2.24, 2.45) is 0 Å². The normalized spacial score (nSPS) is 17.6. The molecule has 192 valence electrons. The Morgan fingerprint density at radius 3 is 1.54 bits per heavy atom. The fourth-order valence-electron chi connectivity index (χ4n) is 5.24. The molecule has 0 amide bonds. The Labute approximate surface area is 264 Å². The van der Waals surface area contributed by atoms with Gasteiger partial charge in [-0.05, 0) is 38.2 Å². The number of benzene rings is 7. The molecule has 0 unspecified atom stereocenters. The van der Waals surface area contributed by atoms with Crippen molar-refractivity contribution in [3.8, 4) is 44.7 Å². The first-order valence-corrected chi connectivity index (χ1v) is 12.6. The van der Waals surface area contributed by atoms with Crippen molar-refractivity contribution < 1.29 is 29.1 Å². The number of rotatable bonds is 4. The molecular weight excluding hydrogens is 496 g/mol. The van der Waals surface area contributed by atoms with Crippen molar-refractivity contribution in [1.29, 1.82) is 0 Å². The number of hydrogen-bond donors (Lipinski definition) is 0. The molecule has 0 fully saturated rings. The summed E-state index contributed by atoms with van der Waals surface area (Å²) in [4.78, 5) is 0. The minimum atomic E-state index is -0.791. The lowest BCUT2D eigenvalue weighted by Crippen LogP contribution is -1.91. The van der Waals surface area contributed by atoms with Crippen molar-refractivity contribution in [2.45, 2.75) is 0 Å². The van der Waals surface area contributed by atoms with Gasteiger partial charge in [-0.2, -0.15) is 0 Å². The van der Waals surface area contributed by atoms with Crippen LogP contribution in [0.15, 0.2) is 162 Å². The third kappa shape index (κ3) is 3.78. The predicted octanol–water partition coefficient (Wildman–Crippen LogP) is 11.4. The molecule has 1 aromatic heterocycles. The minimum absolute atomic E-state index is 0.0124. The zero-order chi connectivity index (χ0) is 42.8. The molecule has 0 bridgehead atoms. The lowest BCUT2D eigenvalue weighted by Gasteiger charge is -2.18. The Morgan fingerprint density at radius 1 is 0.390 bits per heavy atom. The molecule has 8 rings (SSSR count). The van der Waals surface area contributed by atoms with Crippen LogP contribution in [-0.4, -0.2) is 0 Å². The molecular formula is C40H26O. The van der Waals surface area contributed by atoms with E-state index in [9.17, 15) is 5.48 Å². The van der Waals surface area contributed by atoms with Crippen LogP contribution in [0.5, 0.6) is 0 Å². The number of fused-ring (bicyclic) bond motifs is 3. The van der Waals surface area contributed by atoms with Crippen molar-refractivity contribution in [3.63, 3.8) is 0 Å². The first kappa shape index (κ1) is 11.6. The van der Waals surface area contributed by atoms with Gasteiger partial charge in [0.15, 0.2) is 0 Å². The molecule has 0 atom stereocenters. The maximum Gasteiger partial charge on any atom is 0.143 e. The SMILES string of the molecule is [2H]c1c([2H])c([2H])c(-c2cccc3c(-c4c5c([2H])c([2H])c([2H])c([2H])c5c(-c5c([2H])c([2H])c([2H])c([2H])c5[2H])c5c([2H])c([2H])c([2H])c([2H])c45)c(-c4ccccc4)oc23)c([2H])c1[2H]. The molecule has 0 spiro atoms. The fourth-order valence-corrected chi connectivity index (χ4v) is 5.24. The quantitative estimate of drug-likeness (QED) is 0.202. The van der Waals surface area contributed by atoms with E-state index in [-0.39, 0.29) is 49.8 Å². The van der Waals surface area contributed by atoms with Crippen LogP contribution in [0, 0.1) is 0 Å². The Kier molecular flexibility index (Phi) is 2.73. The predicted molar refractivity (Wildman–Crippen MR) is 173 cm³/mol. The second kappa shape index (κ2) is 9.66. The van der Waals surface area contributed by atoms with E-state index in [1.54, 1.807) is 36.4 Å². The van der Waals surface area contributed by atoms with E-state index in [0.717, 1.165) is 0 Å². The molecule has 0 aliphatic carbocycles. The molecule has 0 aliphatic heterocycles. The first-order valence-electron chi connectivity index (χ1n) is 21.6. The molecule has 0 saturated heterocycles. The summed E-state index contributed by atoms with van der Waals surface area (Å²) in [6, 6.07) is 0.240. The second-order valence-electron chi connectivity index (χ2n) is 9.10. The topological polar surface area (TPSA) is 13.1 Å². The van der Waals surface area contributed by atoms with Gasteiger partial charge in [0.05, 0.1) is 24.7 Å². The van der Waals surface area contributed by atoms with Gasteiger partial charge in [-0.25, -0.2) is 0 Å². The van der Waals surface area contributed by atoms with Gasteiger partial charge in [0.2, 0.25) is 0 Å². The molecule has 41 heavy (non-hydrogen) atoms. The highest BCUT2D eigenvalue weighted by molar-refractivity contribution is 6.25. The van der Waals surface area contributed by atoms with Crippen molar-refractivity contribution in [3.05, 3.63) is 157 Å². The average Bonchev–Trinajstić information content (AvgIpc) is 3.63. The van der Waals surface area contributed by atoms with Crippen LogP contribution in [0.25, 0.3) is 77.2 Å². The van der Waals surface area contributed by atoms with Gasteiger partial charge in [0.1, 0.15) is 11.3 Å². The largest absolute Gasteiger partial charge is 0.455 e. The maximum atomic E-state index is 9.41. The van der Waals surface area contributed by atoms with Gasteiger partial charge in [-0.15, -0.1) is 0 Å². The summed E-state index contributed by atoms with van der Waals surface area (Å²) in [5.41, 5.74) is -0.951. The third-order valence-electron chi connectivity index (χ3n) is 6.90. The van der Waals surface area contributed by atoms with Crippen LogP contribution in [-0.2, 0) is 0 Å². The van der Waals surface area contributed by atoms with Gasteiger partial charge < -0.3 is 4.42 Å². The Balaban J connectivity index is 1.73. The fraction of sp³-hybridized carbons (Fsp3) is 0. The van der Waals surface area contributed by atoms with Gasteiger partial charge in [0.25, 0.3) is 0 Å². The molecule has 0 saturated carbocycles. The Hall–Kier alpha value is -5.40. The van der Waals surface area contributed by atoms with Gasteiger partial charge in [0, 0.05) is 27.6 Å². The highest BCUT2D eigenvalue weighted by Gasteiger charge is 2.25. The zero-order valence-corrected chi connectivity index (χ0v) is 21.0. The summed E-state index contributed by atoms with van der Waals surface area (Å²) >= 11 is 0. The molecule has 1 heterocycles. The number of furan rings is 1. The number of para-hydroxylation sites is 1. The van der Waals surface area contributed by atoms with Crippen LogP contribution in [0.3, 0.4) is 0 Å². The first-order chi connectivity index (χ1) is 27.8. The lowest BCUT2D eigenvalue weighted by molar-refractivity contribution is 0.633. The van der Waals surface area contributed by atoms with Crippen LogP contribution in [0.1, 0.15) is 24.7 Å². The van der Waals surface area contributed by atoms with Crippen molar-refractivity contribution >= 4 is 32.5 Å². The van der Waals surface area contributed by atoms with E-state index in [1.165, 1.54) is 12.1 Å². The summed E-state index contributed by atoms with van der Waals surface area (Å²) < 4.78 is 165. The molecule has 0 aliphatic rings. The third-order valence-corrected chi connectivity index (χ3v) is 6.90. The lowest BCUT2D eigenvalue weighted by atomic mass is 9.84. The Morgan fingerprint density at radius 2 is 0.927 bits per heavy atom. The molecule has 1 nitrogen and oxygen atoms in total. The van der Waals surface area contributed by atoms with E-state index < -0.39 is 131 Å². The smallest absolute Gasteiger partial charge is 0.143 e. The Bertz CT molecular complexity index is 3050. The van der Waals surface area contributed by atoms with Crippen molar-refractivity contribution in [2.75, 3.05) is 0 Å². The van der Waals surface area contributed by atoms with E-state index in [2.05, 4.69) is 0 Å². The molecule has 0 N–H and O–H groups in total. The van der Waals surface area contributed by atoms with Crippen LogP contribution in [0.2, 0.25) is 0 Å². The molecule has 1 heteroatoms. The summed E-state index contributed by atoms with van der Waals surface area (Å²) in [6.45, 7) is 0. The summed E-state index contributed by atoms with van der Waals surface area (Å²) in [5, 5.41) is -1.31. The van der Waals surface area contributed by atoms with Crippen LogP contribution >= 0.6 is 0 Å². The van der Waals surface area contributed by atoms with E-state index in [1.807, 2.05) is 0 Å². The average molecular weight is 541 g/mol. The summed E-state index contributed by atoms with van der Waals surface area (Å²) in [7, 11) is 0. The van der Waals surface area contributed by atoms with E-state index in [0.29, 0.717) is 5.56 Å². The van der Waals surface area contributed by atoms with Crippen LogP contribution in [0.4, 0.5) is 0 Å². The van der Waals surface area contributed by atoms with Crippen molar-refractivity contribution in [1.82, 2.24) is 0 Å². The summed E-state index contributed by atoms with van der Waals surface area (Å²) in [5.74, 6) is 0.0124. The maximum absolute atomic E-state index is 9.41. The highest BCUT2D eigenvalue weighted by Crippen LogP contribution is 2.50. The zero-order valence-electron chi connectivity index (χ0n) is 39.0. The highest BCUT2D eigenvalue weighted by atomic mass is 16.3. The van der Waals surface area contributed by atoms with Crippen LogP contribution < -0.4 is 0 Å². The van der Waals surface area contributed by atoms with Gasteiger partial charge in [-0.1, -0.05) is 157 Å². The number of hydrogen-bond acceptors (Lipinski definition) is 1. The van der Waals surface area contributed by atoms with Gasteiger partial charge in [-0.3, -0.25) is 0 Å². The summed E-state index contributed by atoms with van der Waals surface area (Å²) in [6.07, 6.45) is 0. The van der Waals surface area contributed by atoms with E-state index in [4.69, 9.17) is 23.6 Å². The molecule has 7 aromatic carbocycles. The second-order valence-corrected chi connectivity index (χ2v) is 9.10. The minimum Gasteiger partial charge on any atom is -0.455 e. The van der Waals surface area contributed by atoms with E-state index >= 15 is 0 Å². The molecule has 8 aromatic rings. The molecule has 0 radical (unpaired) electrons.